The third kappa shape index (κ3) is 2.64. The van der Waals surface area contributed by atoms with Gasteiger partial charge in [-0.2, -0.15) is 0 Å². The highest BCUT2D eigenvalue weighted by Crippen LogP contribution is 2.42. The van der Waals surface area contributed by atoms with Gasteiger partial charge in [-0.1, -0.05) is 25.8 Å². The second-order valence-electron chi connectivity index (χ2n) is 4.69. The van der Waals surface area contributed by atoms with Crippen molar-refractivity contribution < 1.29 is 14.6 Å². The lowest BCUT2D eigenvalue weighted by atomic mass is 9.69. The van der Waals surface area contributed by atoms with Crippen LogP contribution in [0.2, 0.25) is 0 Å². The van der Waals surface area contributed by atoms with Gasteiger partial charge in [0.15, 0.2) is 0 Å². The molecule has 1 rings (SSSR count). The van der Waals surface area contributed by atoms with Crippen LogP contribution in [0.5, 0.6) is 0 Å². The monoisotopic (exact) mass is 226 g/mol. The van der Waals surface area contributed by atoms with Gasteiger partial charge in [-0.25, -0.2) is 4.79 Å². The summed E-state index contributed by atoms with van der Waals surface area (Å²) >= 11 is 0. The number of carbonyl (C=O) groups is 1. The average molecular weight is 226 g/mol. The molecule has 0 aromatic heterocycles. The SMILES string of the molecule is CCC1(C=C(C)C(=O)O)CCCCC1OC. The number of hydrogen-bond acceptors (Lipinski definition) is 2. The first-order valence-corrected chi connectivity index (χ1v) is 6.01. The molecule has 0 bridgehead atoms. The lowest BCUT2D eigenvalue weighted by molar-refractivity contribution is -0.132. The van der Waals surface area contributed by atoms with Crippen molar-refractivity contribution in [2.75, 3.05) is 7.11 Å². The van der Waals surface area contributed by atoms with Crippen LogP contribution in [-0.2, 0) is 9.53 Å². The molecule has 1 saturated carbocycles. The molecule has 0 aromatic carbocycles. The smallest absolute Gasteiger partial charge is 0.330 e. The quantitative estimate of drug-likeness (QED) is 0.749. The summed E-state index contributed by atoms with van der Waals surface area (Å²) in [5, 5.41) is 8.97. The molecule has 0 amide bonds. The van der Waals surface area contributed by atoms with Crippen LogP contribution in [-0.4, -0.2) is 24.3 Å². The van der Waals surface area contributed by atoms with Gasteiger partial charge < -0.3 is 9.84 Å². The summed E-state index contributed by atoms with van der Waals surface area (Å²) in [5.41, 5.74) is 0.362. The Morgan fingerprint density at radius 3 is 2.75 bits per heavy atom. The Hall–Kier alpha value is -0.830. The normalized spacial score (nSPS) is 31.4. The number of carboxylic acids is 1. The van der Waals surface area contributed by atoms with Crippen LogP contribution in [0.25, 0.3) is 0 Å². The van der Waals surface area contributed by atoms with Crippen molar-refractivity contribution in [1.82, 2.24) is 0 Å². The molecule has 1 aliphatic rings. The molecular weight excluding hydrogens is 204 g/mol. The van der Waals surface area contributed by atoms with E-state index in [2.05, 4.69) is 6.92 Å². The Morgan fingerprint density at radius 1 is 1.56 bits per heavy atom. The van der Waals surface area contributed by atoms with Crippen molar-refractivity contribution in [2.24, 2.45) is 5.41 Å². The van der Waals surface area contributed by atoms with Gasteiger partial charge in [0.25, 0.3) is 0 Å². The van der Waals surface area contributed by atoms with E-state index in [0.29, 0.717) is 5.57 Å². The maximum atomic E-state index is 10.9. The predicted octanol–water partition coefficient (Wildman–Crippen LogP) is 3.00. The van der Waals surface area contributed by atoms with Crippen molar-refractivity contribution in [1.29, 1.82) is 0 Å². The Bertz CT molecular complexity index is 283. The summed E-state index contributed by atoms with van der Waals surface area (Å²) < 4.78 is 5.54. The average Bonchev–Trinajstić information content (AvgIpc) is 2.29. The Kier molecular flexibility index (Phi) is 4.54. The van der Waals surface area contributed by atoms with E-state index in [9.17, 15) is 4.79 Å². The molecule has 92 valence electrons. The lowest BCUT2D eigenvalue weighted by Gasteiger charge is -2.41. The molecular formula is C13H22O3. The summed E-state index contributed by atoms with van der Waals surface area (Å²) in [4.78, 5) is 10.9. The molecule has 1 N–H and O–H groups in total. The molecule has 1 fully saturated rings. The van der Waals surface area contributed by atoms with E-state index in [1.165, 1.54) is 6.42 Å². The minimum Gasteiger partial charge on any atom is -0.478 e. The first-order chi connectivity index (χ1) is 7.55. The highest BCUT2D eigenvalue weighted by atomic mass is 16.5. The van der Waals surface area contributed by atoms with Crippen LogP contribution >= 0.6 is 0 Å². The third-order valence-electron chi connectivity index (χ3n) is 3.78. The molecule has 0 aliphatic heterocycles. The van der Waals surface area contributed by atoms with Gasteiger partial charge in [0.1, 0.15) is 0 Å². The maximum absolute atomic E-state index is 10.9. The van der Waals surface area contributed by atoms with Crippen molar-refractivity contribution in [2.45, 2.75) is 52.1 Å². The predicted molar refractivity (Wildman–Crippen MR) is 63.4 cm³/mol. The summed E-state index contributed by atoms with van der Waals surface area (Å²) in [6.45, 7) is 3.78. The standard InChI is InChI=1S/C13H22O3/c1-4-13(9-10(2)12(14)15)8-6-5-7-11(13)16-3/h9,11H,4-8H2,1-3H3,(H,14,15). The van der Waals surface area contributed by atoms with E-state index < -0.39 is 5.97 Å². The molecule has 0 saturated heterocycles. The largest absolute Gasteiger partial charge is 0.478 e. The Morgan fingerprint density at radius 2 is 2.25 bits per heavy atom. The number of ether oxygens (including phenoxy) is 1. The minimum atomic E-state index is -0.826. The zero-order valence-electron chi connectivity index (χ0n) is 10.5. The second-order valence-corrected chi connectivity index (χ2v) is 4.69. The number of methoxy groups -OCH3 is 1. The molecule has 0 spiro atoms. The van der Waals surface area contributed by atoms with Crippen LogP contribution in [0, 0.1) is 5.41 Å². The number of carboxylic acid groups (broad SMARTS) is 1. The molecule has 2 atom stereocenters. The first-order valence-electron chi connectivity index (χ1n) is 6.01. The second kappa shape index (κ2) is 5.48. The van der Waals surface area contributed by atoms with Crippen LogP contribution in [0.4, 0.5) is 0 Å². The van der Waals surface area contributed by atoms with Crippen molar-refractivity contribution in [3.05, 3.63) is 11.6 Å². The fourth-order valence-electron chi connectivity index (χ4n) is 2.75. The molecule has 1 aliphatic carbocycles. The molecule has 0 aromatic rings. The van der Waals surface area contributed by atoms with Gasteiger partial charge in [-0.3, -0.25) is 0 Å². The minimum absolute atomic E-state index is 0.0739. The summed E-state index contributed by atoms with van der Waals surface area (Å²) in [5.74, 6) is -0.826. The zero-order valence-corrected chi connectivity index (χ0v) is 10.5. The number of rotatable bonds is 4. The van der Waals surface area contributed by atoms with E-state index >= 15 is 0 Å². The van der Waals surface area contributed by atoms with Crippen molar-refractivity contribution in [3.63, 3.8) is 0 Å². The van der Waals surface area contributed by atoms with Gasteiger partial charge in [-0.15, -0.1) is 0 Å². The maximum Gasteiger partial charge on any atom is 0.330 e. The van der Waals surface area contributed by atoms with Crippen LogP contribution in [0.1, 0.15) is 46.0 Å². The van der Waals surface area contributed by atoms with Crippen LogP contribution in [0.3, 0.4) is 0 Å². The highest BCUT2D eigenvalue weighted by Gasteiger charge is 2.38. The van der Waals surface area contributed by atoms with Crippen LogP contribution in [0.15, 0.2) is 11.6 Å². The van der Waals surface area contributed by atoms with Gasteiger partial charge in [-0.05, 0) is 26.2 Å². The first kappa shape index (κ1) is 13.2. The fourth-order valence-corrected chi connectivity index (χ4v) is 2.75. The number of aliphatic carboxylic acids is 1. The summed E-state index contributed by atoms with van der Waals surface area (Å²) in [6.07, 6.45) is 7.44. The van der Waals surface area contributed by atoms with E-state index in [4.69, 9.17) is 9.84 Å². The summed E-state index contributed by atoms with van der Waals surface area (Å²) in [6, 6.07) is 0. The molecule has 0 heterocycles. The van der Waals surface area contributed by atoms with E-state index in [1.807, 2.05) is 6.08 Å². The van der Waals surface area contributed by atoms with Crippen molar-refractivity contribution in [3.8, 4) is 0 Å². The Labute approximate surface area is 97.5 Å². The van der Waals surface area contributed by atoms with Gasteiger partial charge in [0.2, 0.25) is 0 Å². The van der Waals surface area contributed by atoms with E-state index in [0.717, 1.165) is 25.7 Å². The lowest BCUT2D eigenvalue weighted by Crippen LogP contribution is -2.38. The van der Waals surface area contributed by atoms with Crippen LogP contribution < -0.4 is 0 Å². The fraction of sp³-hybridized carbons (Fsp3) is 0.769. The molecule has 2 unspecified atom stereocenters. The van der Waals surface area contributed by atoms with E-state index in [1.54, 1.807) is 14.0 Å². The third-order valence-corrected chi connectivity index (χ3v) is 3.78. The molecule has 0 radical (unpaired) electrons. The highest BCUT2D eigenvalue weighted by molar-refractivity contribution is 5.85. The zero-order chi connectivity index (χ0) is 12.2. The van der Waals surface area contributed by atoms with E-state index in [-0.39, 0.29) is 11.5 Å². The topological polar surface area (TPSA) is 46.5 Å². The molecule has 3 nitrogen and oxygen atoms in total. The Balaban J connectivity index is 2.97. The van der Waals surface area contributed by atoms with Gasteiger partial charge >= 0.3 is 5.97 Å². The van der Waals surface area contributed by atoms with Gasteiger partial charge in [0.05, 0.1) is 6.10 Å². The van der Waals surface area contributed by atoms with Gasteiger partial charge in [0, 0.05) is 18.1 Å². The molecule has 3 heteroatoms. The molecule has 16 heavy (non-hydrogen) atoms. The summed E-state index contributed by atoms with van der Waals surface area (Å²) in [7, 11) is 1.73. The number of hydrogen-bond donors (Lipinski definition) is 1. The van der Waals surface area contributed by atoms with Crippen molar-refractivity contribution >= 4 is 5.97 Å².